The fourth-order valence-electron chi connectivity index (χ4n) is 3.02. The molecule has 2 aromatic rings. The summed E-state index contributed by atoms with van der Waals surface area (Å²) in [6, 6.07) is 8.36. The van der Waals surface area contributed by atoms with Gasteiger partial charge in [-0.1, -0.05) is 18.2 Å². The van der Waals surface area contributed by atoms with Crippen LogP contribution in [-0.2, 0) is 4.74 Å². The summed E-state index contributed by atoms with van der Waals surface area (Å²) in [5.41, 5.74) is 4.65. The average Bonchev–Trinajstić information content (AvgIpc) is 2.80. The van der Waals surface area contributed by atoms with Crippen LogP contribution in [0, 0.1) is 13.8 Å². The lowest BCUT2D eigenvalue weighted by Gasteiger charge is -2.21. The maximum atomic E-state index is 5.51. The summed E-state index contributed by atoms with van der Waals surface area (Å²) < 4.78 is 5.51. The molecule has 0 bridgehead atoms. The van der Waals surface area contributed by atoms with E-state index in [0.29, 0.717) is 0 Å². The van der Waals surface area contributed by atoms with Gasteiger partial charge < -0.3 is 10.1 Å². The van der Waals surface area contributed by atoms with E-state index in [1.807, 2.05) is 6.07 Å². The number of ether oxygens (including phenoxy) is 1. The summed E-state index contributed by atoms with van der Waals surface area (Å²) in [4.78, 5) is 7.16. The summed E-state index contributed by atoms with van der Waals surface area (Å²) >= 11 is 0. The summed E-state index contributed by atoms with van der Waals surface area (Å²) in [5, 5.41) is 4.85. The molecule has 4 heteroatoms. The quantitative estimate of drug-likeness (QED) is 0.942. The van der Waals surface area contributed by atoms with E-state index in [1.165, 1.54) is 16.6 Å². The van der Waals surface area contributed by atoms with Gasteiger partial charge in [-0.05, 0) is 31.9 Å². The smallest absolute Gasteiger partial charge is 0.0726 e. The molecule has 1 fully saturated rings. The standard InChI is InChI=1S/C18H25N3O/c1-14-15(2)20-17-7-4-3-6-16(17)18(14)19-8-10-21-9-5-12-22-13-11-21/h3-4,6-7H,5,8-13H2,1-2H3,(H,19,20). The van der Waals surface area contributed by atoms with Gasteiger partial charge in [0.05, 0.1) is 12.1 Å². The molecule has 0 spiro atoms. The number of hydrogen-bond donors (Lipinski definition) is 1. The lowest BCUT2D eigenvalue weighted by atomic mass is 10.1. The van der Waals surface area contributed by atoms with Crippen molar-refractivity contribution in [2.75, 3.05) is 44.7 Å². The van der Waals surface area contributed by atoms with Crippen molar-refractivity contribution < 1.29 is 4.74 Å². The van der Waals surface area contributed by atoms with Crippen LogP contribution in [0.5, 0.6) is 0 Å². The number of para-hydroxylation sites is 1. The van der Waals surface area contributed by atoms with Gasteiger partial charge in [-0.3, -0.25) is 9.88 Å². The van der Waals surface area contributed by atoms with E-state index in [2.05, 4.69) is 47.2 Å². The van der Waals surface area contributed by atoms with Crippen molar-refractivity contribution in [2.45, 2.75) is 20.3 Å². The molecule has 1 saturated heterocycles. The Morgan fingerprint density at radius 1 is 1.18 bits per heavy atom. The highest BCUT2D eigenvalue weighted by atomic mass is 16.5. The SMILES string of the molecule is Cc1nc2ccccc2c(NCCN2CCCOCC2)c1C. The maximum Gasteiger partial charge on any atom is 0.0726 e. The fraction of sp³-hybridized carbons (Fsp3) is 0.500. The zero-order valence-corrected chi connectivity index (χ0v) is 13.6. The number of nitrogens with zero attached hydrogens (tertiary/aromatic N) is 2. The van der Waals surface area contributed by atoms with E-state index in [4.69, 9.17) is 4.74 Å². The predicted molar refractivity (Wildman–Crippen MR) is 91.6 cm³/mol. The highest BCUT2D eigenvalue weighted by molar-refractivity contribution is 5.93. The summed E-state index contributed by atoms with van der Waals surface area (Å²) in [7, 11) is 0. The van der Waals surface area contributed by atoms with Crippen LogP contribution in [0.25, 0.3) is 10.9 Å². The highest BCUT2D eigenvalue weighted by Gasteiger charge is 2.11. The van der Waals surface area contributed by atoms with Crippen LogP contribution in [0.3, 0.4) is 0 Å². The first-order valence-electron chi connectivity index (χ1n) is 8.15. The molecule has 0 atom stereocenters. The van der Waals surface area contributed by atoms with Crippen molar-refractivity contribution in [2.24, 2.45) is 0 Å². The van der Waals surface area contributed by atoms with Crippen molar-refractivity contribution in [1.82, 2.24) is 9.88 Å². The minimum Gasteiger partial charge on any atom is -0.383 e. The molecule has 0 radical (unpaired) electrons. The van der Waals surface area contributed by atoms with E-state index < -0.39 is 0 Å². The molecule has 0 unspecified atom stereocenters. The molecule has 118 valence electrons. The Hall–Kier alpha value is -1.65. The third kappa shape index (κ3) is 3.39. The average molecular weight is 299 g/mol. The molecule has 1 aromatic carbocycles. The maximum absolute atomic E-state index is 5.51. The second-order valence-corrected chi connectivity index (χ2v) is 5.95. The minimum absolute atomic E-state index is 0.857. The molecule has 1 aliphatic heterocycles. The van der Waals surface area contributed by atoms with Gasteiger partial charge in [0.25, 0.3) is 0 Å². The monoisotopic (exact) mass is 299 g/mol. The van der Waals surface area contributed by atoms with E-state index in [0.717, 1.165) is 57.0 Å². The largest absolute Gasteiger partial charge is 0.383 e. The number of aromatic nitrogens is 1. The molecule has 2 heterocycles. The van der Waals surface area contributed by atoms with Crippen LogP contribution in [0.4, 0.5) is 5.69 Å². The van der Waals surface area contributed by atoms with Crippen LogP contribution >= 0.6 is 0 Å². The number of anilines is 1. The van der Waals surface area contributed by atoms with Crippen molar-refractivity contribution in [1.29, 1.82) is 0 Å². The Morgan fingerprint density at radius 2 is 2.05 bits per heavy atom. The first kappa shape index (κ1) is 15.3. The van der Waals surface area contributed by atoms with Gasteiger partial charge in [-0.15, -0.1) is 0 Å². The number of rotatable bonds is 4. The predicted octanol–water partition coefficient (Wildman–Crippen LogP) is 2.99. The number of nitrogens with one attached hydrogen (secondary N) is 1. The number of aryl methyl sites for hydroxylation is 1. The van der Waals surface area contributed by atoms with Gasteiger partial charge in [0.15, 0.2) is 0 Å². The van der Waals surface area contributed by atoms with Gasteiger partial charge in [-0.25, -0.2) is 0 Å². The fourth-order valence-corrected chi connectivity index (χ4v) is 3.02. The Labute approximate surface area is 132 Å². The lowest BCUT2D eigenvalue weighted by molar-refractivity contribution is 0.142. The molecule has 0 aliphatic carbocycles. The highest BCUT2D eigenvalue weighted by Crippen LogP contribution is 2.27. The molecular weight excluding hydrogens is 274 g/mol. The molecule has 1 N–H and O–H groups in total. The second kappa shape index (κ2) is 7.07. The van der Waals surface area contributed by atoms with Gasteiger partial charge in [0, 0.05) is 49.6 Å². The molecule has 0 saturated carbocycles. The number of benzene rings is 1. The van der Waals surface area contributed by atoms with Crippen LogP contribution < -0.4 is 5.32 Å². The van der Waals surface area contributed by atoms with Gasteiger partial charge in [0.1, 0.15) is 0 Å². The second-order valence-electron chi connectivity index (χ2n) is 5.95. The van der Waals surface area contributed by atoms with Crippen LogP contribution in [-0.4, -0.2) is 49.3 Å². The van der Waals surface area contributed by atoms with E-state index in [9.17, 15) is 0 Å². The van der Waals surface area contributed by atoms with E-state index in [1.54, 1.807) is 0 Å². The third-order valence-corrected chi connectivity index (χ3v) is 4.42. The van der Waals surface area contributed by atoms with Crippen molar-refractivity contribution in [3.05, 3.63) is 35.5 Å². The Kier molecular flexibility index (Phi) is 4.90. The Bertz CT molecular complexity index is 634. The lowest BCUT2D eigenvalue weighted by Crippen LogP contribution is -2.31. The van der Waals surface area contributed by atoms with Crippen molar-refractivity contribution >= 4 is 16.6 Å². The van der Waals surface area contributed by atoms with E-state index in [-0.39, 0.29) is 0 Å². The molecule has 1 aliphatic rings. The van der Waals surface area contributed by atoms with Crippen LogP contribution in [0.1, 0.15) is 17.7 Å². The van der Waals surface area contributed by atoms with Crippen molar-refractivity contribution in [3.8, 4) is 0 Å². The molecule has 0 amide bonds. The topological polar surface area (TPSA) is 37.4 Å². The summed E-state index contributed by atoms with van der Waals surface area (Å²) in [6.07, 6.45) is 1.14. The Balaban J connectivity index is 1.71. The molecule has 1 aromatic heterocycles. The molecule has 3 rings (SSSR count). The van der Waals surface area contributed by atoms with Crippen molar-refractivity contribution in [3.63, 3.8) is 0 Å². The summed E-state index contributed by atoms with van der Waals surface area (Å²) in [6.45, 7) is 10.2. The first-order valence-corrected chi connectivity index (χ1v) is 8.15. The normalized spacial score (nSPS) is 16.6. The summed E-state index contributed by atoms with van der Waals surface area (Å²) in [5.74, 6) is 0. The molecule has 22 heavy (non-hydrogen) atoms. The van der Waals surface area contributed by atoms with Gasteiger partial charge in [0.2, 0.25) is 0 Å². The minimum atomic E-state index is 0.857. The zero-order chi connectivity index (χ0) is 15.4. The number of pyridine rings is 1. The van der Waals surface area contributed by atoms with Crippen LogP contribution in [0.2, 0.25) is 0 Å². The molecule has 4 nitrogen and oxygen atoms in total. The number of fused-ring (bicyclic) bond motifs is 1. The molecular formula is C18H25N3O. The number of hydrogen-bond acceptors (Lipinski definition) is 4. The zero-order valence-electron chi connectivity index (χ0n) is 13.6. The van der Waals surface area contributed by atoms with Gasteiger partial charge in [-0.2, -0.15) is 0 Å². The van der Waals surface area contributed by atoms with E-state index >= 15 is 0 Å². The first-order chi connectivity index (χ1) is 10.8. The Morgan fingerprint density at radius 3 is 2.95 bits per heavy atom. The van der Waals surface area contributed by atoms with Crippen LogP contribution in [0.15, 0.2) is 24.3 Å². The third-order valence-electron chi connectivity index (χ3n) is 4.42. The van der Waals surface area contributed by atoms with Gasteiger partial charge >= 0.3 is 0 Å².